The van der Waals surface area contributed by atoms with Crippen LogP contribution in [0.1, 0.15) is 34.1 Å². The Morgan fingerprint density at radius 1 is 1.25 bits per heavy atom. The van der Waals surface area contributed by atoms with Gasteiger partial charge in [0.25, 0.3) is 0 Å². The normalized spacial score (nSPS) is 12.5. The molecule has 5 nitrogen and oxygen atoms in total. The fourth-order valence-corrected chi connectivity index (χ4v) is 2.22. The van der Waals surface area contributed by atoms with Gasteiger partial charge >= 0.3 is 6.18 Å². The minimum Gasteiger partial charge on any atom is -0.387 e. The number of hydrogen-bond acceptors (Lipinski definition) is 5. The van der Waals surface area contributed by atoms with E-state index in [2.05, 4.69) is 15.5 Å². The molecule has 0 fully saturated rings. The summed E-state index contributed by atoms with van der Waals surface area (Å²) in [5, 5.41) is 29.7. The molecule has 0 aliphatic heterocycles. The Morgan fingerprint density at radius 2 is 1.92 bits per heavy atom. The van der Waals surface area contributed by atoms with Crippen molar-refractivity contribution in [1.29, 1.82) is 5.26 Å². The zero-order valence-electron chi connectivity index (χ0n) is 13.0. The summed E-state index contributed by atoms with van der Waals surface area (Å²) < 4.78 is 39.0. The second-order valence-electron chi connectivity index (χ2n) is 5.23. The standard InChI is InChI=1S/C16H15F3N4O/c1-9-10(2)22-23-15(12(9)7-20)21-8-14(24)11-5-3-4-6-13(11)16(17,18)19/h3-6,14,24H,8H2,1-2H3,(H,21,23). The number of aliphatic hydroxyl groups excluding tert-OH is 1. The molecule has 1 aromatic carbocycles. The van der Waals surface area contributed by atoms with Gasteiger partial charge in [0.2, 0.25) is 0 Å². The van der Waals surface area contributed by atoms with Crippen molar-refractivity contribution in [2.75, 3.05) is 11.9 Å². The molecule has 24 heavy (non-hydrogen) atoms. The van der Waals surface area contributed by atoms with Gasteiger partial charge in [-0.2, -0.15) is 23.5 Å². The van der Waals surface area contributed by atoms with E-state index in [9.17, 15) is 23.5 Å². The van der Waals surface area contributed by atoms with Gasteiger partial charge in [0.15, 0.2) is 5.82 Å². The number of rotatable bonds is 4. The van der Waals surface area contributed by atoms with E-state index >= 15 is 0 Å². The highest BCUT2D eigenvalue weighted by molar-refractivity contribution is 5.55. The fraction of sp³-hybridized carbons (Fsp3) is 0.312. The summed E-state index contributed by atoms with van der Waals surface area (Å²) in [6, 6.07) is 6.78. The van der Waals surface area contributed by atoms with Crippen molar-refractivity contribution in [3.63, 3.8) is 0 Å². The van der Waals surface area contributed by atoms with Crippen LogP contribution in [0.25, 0.3) is 0 Å². The third-order valence-electron chi connectivity index (χ3n) is 3.65. The van der Waals surface area contributed by atoms with Crippen LogP contribution in [0, 0.1) is 25.2 Å². The maximum absolute atomic E-state index is 13.0. The number of alkyl halides is 3. The first-order valence-electron chi connectivity index (χ1n) is 7.07. The van der Waals surface area contributed by atoms with Crippen molar-refractivity contribution < 1.29 is 18.3 Å². The molecule has 0 spiro atoms. The number of benzene rings is 1. The second-order valence-corrected chi connectivity index (χ2v) is 5.23. The van der Waals surface area contributed by atoms with Crippen molar-refractivity contribution >= 4 is 5.82 Å². The number of halogens is 3. The highest BCUT2D eigenvalue weighted by atomic mass is 19.4. The molecule has 2 N–H and O–H groups in total. The number of nitrogens with zero attached hydrogens (tertiary/aromatic N) is 3. The van der Waals surface area contributed by atoms with E-state index in [4.69, 9.17) is 0 Å². The third kappa shape index (κ3) is 3.63. The van der Waals surface area contributed by atoms with Crippen LogP contribution in [0.15, 0.2) is 24.3 Å². The lowest BCUT2D eigenvalue weighted by Crippen LogP contribution is -2.19. The molecule has 2 rings (SSSR count). The lowest BCUT2D eigenvalue weighted by molar-refractivity contribution is -0.139. The Labute approximate surface area is 136 Å². The molecule has 0 amide bonds. The second kappa shape index (κ2) is 6.84. The van der Waals surface area contributed by atoms with E-state index in [1.807, 2.05) is 6.07 Å². The van der Waals surface area contributed by atoms with E-state index in [1.54, 1.807) is 13.8 Å². The molecule has 2 aromatic rings. The molecule has 0 radical (unpaired) electrons. The van der Waals surface area contributed by atoms with Crippen molar-refractivity contribution in [3.8, 4) is 6.07 Å². The SMILES string of the molecule is Cc1nnc(NCC(O)c2ccccc2C(F)(F)F)c(C#N)c1C. The van der Waals surface area contributed by atoms with Crippen molar-refractivity contribution in [1.82, 2.24) is 10.2 Å². The number of nitrogens with one attached hydrogen (secondary N) is 1. The predicted octanol–water partition coefficient (Wildman–Crippen LogP) is 3.13. The molecular formula is C16H15F3N4O. The monoisotopic (exact) mass is 336 g/mol. The average Bonchev–Trinajstić information content (AvgIpc) is 2.54. The zero-order valence-corrected chi connectivity index (χ0v) is 13.0. The highest BCUT2D eigenvalue weighted by Crippen LogP contribution is 2.34. The molecule has 0 aliphatic rings. The summed E-state index contributed by atoms with van der Waals surface area (Å²) in [5.41, 5.74) is 0.317. The minimum atomic E-state index is -4.56. The summed E-state index contributed by atoms with van der Waals surface area (Å²) in [7, 11) is 0. The number of anilines is 1. The zero-order chi connectivity index (χ0) is 17.9. The smallest absolute Gasteiger partial charge is 0.387 e. The first-order valence-corrected chi connectivity index (χ1v) is 7.07. The molecule has 8 heteroatoms. The maximum Gasteiger partial charge on any atom is 0.416 e. The first kappa shape index (κ1) is 17.7. The average molecular weight is 336 g/mol. The molecule has 126 valence electrons. The highest BCUT2D eigenvalue weighted by Gasteiger charge is 2.34. The fourth-order valence-electron chi connectivity index (χ4n) is 2.22. The predicted molar refractivity (Wildman–Crippen MR) is 81.1 cm³/mol. The summed E-state index contributed by atoms with van der Waals surface area (Å²) in [6.07, 6.45) is -5.98. The Kier molecular flexibility index (Phi) is 5.04. The van der Waals surface area contributed by atoms with Gasteiger partial charge in [-0.25, -0.2) is 0 Å². The Balaban J connectivity index is 2.23. The Hall–Kier alpha value is -2.66. The van der Waals surface area contributed by atoms with Crippen LogP contribution >= 0.6 is 0 Å². The van der Waals surface area contributed by atoms with Crippen molar-refractivity contribution in [2.45, 2.75) is 26.1 Å². The molecule has 1 atom stereocenters. The molecule has 0 saturated heterocycles. The molecule has 1 heterocycles. The number of aliphatic hydroxyl groups is 1. The van der Waals surface area contributed by atoms with E-state index < -0.39 is 17.8 Å². The molecule has 1 unspecified atom stereocenters. The topological polar surface area (TPSA) is 81.8 Å². The van der Waals surface area contributed by atoms with E-state index in [0.717, 1.165) is 6.07 Å². The van der Waals surface area contributed by atoms with Gasteiger partial charge in [-0.1, -0.05) is 18.2 Å². The molecular weight excluding hydrogens is 321 g/mol. The van der Waals surface area contributed by atoms with E-state index in [1.165, 1.54) is 18.2 Å². The van der Waals surface area contributed by atoms with Gasteiger partial charge in [-0.3, -0.25) is 0 Å². The lowest BCUT2D eigenvalue weighted by atomic mass is 10.0. The van der Waals surface area contributed by atoms with E-state index in [-0.39, 0.29) is 23.5 Å². The number of nitriles is 1. The summed E-state index contributed by atoms with van der Waals surface area (Å²) >= 11 is 0. The molecule has 0 saturated carbocycles. The Bertz CT molecular complexity index is 784. The first-order chi connectivity index (χ1) is 11.3. The largest absolute Gasteiger partial charge is 0.416 e. The van der Waals surface area contributed by atoms with Gasteiger partial charge in [-0.05, 0) is 31.0 Å². The molecule has 0 bridgehead atoms. The minimum absolute atomic E-state index is 0.129. The van der Waals surface area contributed by atoms with Crippen molar-refractivity contribution in [3.05, 3.63) is 52.2 Å². The number of hydrogen-bond donors (Lipinski definition) is 2. The lowest BCUT2D eigenvalue weighted by Gasteiger charge is -2.18. The van der Waals surface area contributed by atoms with Gasteiger partial charge in [0.05, 0.1) is 17.4 Å². The van der Waals surface area contributed by atoms with Crippen LogP contribution in [-0.4, -0.2) is 21.8 Å². The Morgan fingerprint density at radius 3 is 2.54 bits per heavy atom. The van der Waals surface area contributed by atoms with Crippen LogP contribution in [0.2, 0.25) is 0 Å². The van der Waals surface area contributed by atoms with Crippen LogP contribution in [0.4, 0.5) is 19.0 Å². The van der Waals surface area contributed by atoms with Crippen LogP contribution in [0.5, 0.6) is 0 Å². The van der Waals surface area contributed by atoms with Crippen LogP contribution in [0.3, 0.4) is 0 Å². The quantitative estimate of drug-likeness (QED) is 0.896. The molecule has 1 aromatic heterocycles. The van der Waals surface area contributed by atoms with E-state index in [0.29, 0.717) is 11.3 Å². The molecule has 0 aliphatic carbocycles. The van der Waals surface area contributed by atoms with Gasteiger partial charge in [0, 0.05) is 6.54 Å². The summed E-state index contributed by atoms with van der Waals surface area (Å²) in [6.45, 7) is 3.16. The van der Waals surface area contributed by atoms with Gasteiger partial charge in [0.1, 0.15) is 11.6 Å². The van der Waals surface area contributed by atoms with Crippen LogP contribution < -0.4 is 5.32 Å². The van der Waals surface area contributed by atoms with Crippen molar-refractivity contribution in [2.24, 2.45) is 0 Å². The number of aryl methyl sites for hydroxylation is 1. The third-order valence-corrected chi connectivity index (χ3v) is 3.65. The van der Waals surface area contributed by atoms with Crippen LogP contribution in [-0.2, 0) is 6.18 Å². The summed E-state index contributed by atoms with van der Waals surface area (Å²) in [4.78, 5) is 0. The van der Waals surface area contributed by atoms with Gasteiger partial charge < -0.3 is 10.4 Å². The maximum atomic E-state index is 13.0. The number of aromatic nitrogens is 2. The summed E-state index contributed by atoms with van der Waals surface area (Å²) in [5.74, 6) is 0.129. The van der Waals surface area contributed by atoms with Gasteiger partial charge in [-0.15, -0.1) is 5.10 Å².